The van der Waals surface area contributed by atoms with Gasteiger partial charge >= 0.3 is 0 Å². The first kappa shape index (κ1) is 21.1. The maximum Gasteiger partial charge on any atom is 0.227 e. The lowest BCUT2D eigenvalue weighted by atomic mass is 10.0. The van der Waals surface area contributed by atoms with Crippen LogP contribution in [0.2, 0.25) is 0 Å². The van der Waals surface area contributed by atoms with Crippen molar-refractivity contribution in [3.8, 4) is 5.75 Å². The summed E-state index contributed by atoms with van der Waals surface area (Å²) in [5, 5.41) is 0. The van der Waals surface area contributed by atoms with Crippen LogP contribution in [0.4, 0.5) is 5.69 Å². The van der Waals surface area contributed by atoms with Gasteiger partial charge < -0.3 is 14.5 Å². The lowest BCUT2D eigenvalue weighted by Crippen LogP contribution is -2.49. The molecule has 0 radical (unpaired) electrons. The molecule has 5 heteroatoms. The van der Waals surface area contributed by atoms with Crippen molar-refractivity contribution in [3.05, 3.63) is 24.3 Å². The third-order valence-electron chi connectivity index (χ3n) is 6.08. The lowest BCUT2D eigenvalue weighted by Gasteiger charge is -2.36. The van der Waals surface area contributed by atoms with Crippen molar-refractivity contribution in [1.82, 2.24) is 9.80 Å². The third-order valence-corrected chi connectivity index (χ3v) is 6.08. The SMILES string of the molecule is CCCC1CC(=O)N(c2ccc(OCCCN3CCN(C(C)C)CC3)cc2)C1. The van der Waals surface area contributed by atoms with Gasteiger partial charge in [-0.1, -0.05) is 13.3 Å². The van der Waals surface area contributed by atoms with Crippen LogP contribution >= 0.6 is 0 Å². The second kappa shape index (κ2) is 10.3. The summed E-state index contributed by atoms with van der Waals surface area (Å²) in [5.41, 5.74) is 0.999. The van der Waals surface area contributed by atoms with Gasteiger partial charge in [-0.15, -0.1) is 0 Å². The second-order valence-corrected chi connectivity index (χ2v) is 8.53. The van der Waals surface area contributed by atoms with Gasteiger partial charge in [0.2, 0.25) is 5.91 Å². The molecule has 3 rings (SSSR count). The third kappa shape index (κ3) is 5.71. The zero-order chi connectivity index (χ0) is 19.9. The van der Waals surface area contributed by atoms with Crippen molar-refractivity contribution in [1.29, 1.82) is 0 Å². The summed E-state index contributed by atoms with van der Waals surface area (Å²) in [6.07, 6.45) is 4.02. The van der Waals surface area contributed by atoms with Gasteiger partial charge in [0.05, 0.1) is 6.61 Å². The van der Waals surface area contributed by atoms with Crippen LogP contribution in [-0.4, -0.2) is 67.6 Å². The molecule has 2 heterocycles. The number of benzene rings is 1. The number of hydrogen-bond acceptors (Lipinski definition) is 4. The van der Waals surface area contributed by atoms with Crippen molar-refractivity contribution in [2.45, 2.75) is 52.5 Å². The van der Waals surface area contributed by atoms with Crippen molar-refractivity contribution >= 4 is 11.6 Å². The minimum absolute atomic E-state index is 0.254. The van der Waals surface area contributed by atoms with E-state index in [0.717, 1.165) is 63.5 Å². The maximum absolute atomic E-state index is 12.3. The normalized spacial score (nSPS) is 21.6. The van der Waals surface area contributed by atoms with Crippen LogP contribution in [0, 0.1) is 5.92 Å². The summed E-state index contributed by atoms with van der Waals surface area (Å²) in [4.78, 5) is 19.3. The first-order chi connectivity index (χ1) is 13.6. The van der Waals surface area contributed by atoms with Crippen LogP contribution in [0.1, 0.15) is 46.5 Å². The first-order valence-electron chi connectivity index (χ1n) is 11.1. The van der Waals surface area contributed by atoms with E-state index < -0.39 is 0 Å². The Morgan fingerprint density at radius 1 is 1.11 bits per heavy atom. The molecule has 0 N–H and O–H groups in total. The molecule has 1 unspecified atom stereocenters. The fourth-order valence-electron chi connectivity index (χ4n) is 4.34. The molecule has 1 amide bonds. The maximum atomic E-state index is 12.3. The fraction of sp³-hybridized carbons (Fsp3) is 0.696. The van der Waals surface area contributed by atoms with Gasteiger partial charge in [0, 0.05) is 57.4 Å². The molecule has 2 aliphatic rings. The Hall–Kier alpha value is -1.59. The van der Waals surface area contributed by atoms with Crippen LogP contribution in [0.5, 0.6) is 5.75 Å². The fourth-order valence-corrected chi connectivity index (χ4v) is 4.34. The quantitative estimate of drug-likeness (QED) is 0.606. The molecular weight excluding hydrogens is 350 g/mol. The average Bonchev–Trinajstić information content (AvgIpc) is 3.06. The van der Waals surface area contributed by atoms with E-state index in [4.69, 9.17) is 4.74 Å². The van der Waals surface area contributed by atoms with Crippen LogP contribution in [0.25, 0.3) is 0 Å². The van der Waals surface area contributed by atoms with E-state index in [-0.39, 0.29) is 5.91 Å². The minimum atomic E-state index is 0.254. The summed E-state index contributed by atoms with van der Waals surface area (Å²) in [6.45, 7) is 14.1. The van der Waals surface area contributed by atoms with Gasteiger partial charge in [-0.25, -0.2) is 0 Å². The molecule has 0 saturated carbocycles. The number of amides is 1. The van der Waals surface area contributed by atoms with Crippen LogP contribution < -0.4 is 9.64 Å². The molecule has 0 aromatic heterocycles. The topological polar surface area (TPSA) is 36.0 Å². The first-order valence-corrected chi connectivity index (χ1v) is 11.1. The summed E-state index contributed by atoms with van der Waals surface area (Å²) in [7, 11) is 0. The van der Waals surface area contributed by atoms with Gasteiger partial charge in [0.1, 0.15) is 5.75 Å². The lowest BCUT2D eigenvalue weighted by molar-refractivity contribution is -0.117. The zero-order valence-electron chi connectivity index (χ0n) is 17.9. The van der Waals surface area contributed by atoms with E-state index in [1.165, 1.54) is 13.1 Å². The summed E-state index contributed by atoms with van der Waals surface area (Å²) >= 11 is 0. The van der Waals surface area contributed by atoms with Crippen molar-refractivity contribution in [2.75, 3.05) is 50.8 Å². The molecule has 2 aliphatic heterocycles. The molecule has 156 valence electrons. The number of carbonyl (C=O) groups excluding carboxylic acids is 1. The molecule has 2 saturated heterocycles. The Morgan fingerprint density at radius 3 is 2.46 bits per heavy atom. The molecule has 28 heavy (non-hydrogen) atoms. The molecule has 0 spiro atoms. The summed E-state index contributed by atoms with van der Waals surface area (Å²) in [5.74, 6) is 1.66. The van der Waals surface area contributed by atoms with Gasteiger partial charge in [0.25, 0.3) is 0 Å². The van der Waals surface area contributed by atoms with Crippen LogP contribution in [0.3, 0.4) is 0 Å². The van der Waals surface area contributed by atoms with E-state index in [2.05, 4.69) is 30.6 Å². The summed E-state index contributed by atoms with van der Waals surface area (Å²) in [6, 6.07) is 8.69. The Balaban J connectivity index is 1.37. The number of carbonyl (C=O) groups is 1. The number of hydrogen-bond donors (Lipinski definition) is 0. The molecular formula is C23H37N3O2. The highest BCUT2D eigenvalue weighted by Crippen LogP contribution is 2.28. The number of rotatable bonds is 9. The average molecular weight is 388 g/mol. The van der Waals surface area contributed by atoms with Crippen molar-refractivity contribution in [3.63, 3.8) is 0 Å². The minimum Gasteiger partial charge on any atom is -0.494 e. The molecule has 1 aromatic rings. The Bertz CT molecular complexity index is 609. The molecule has 5 nitrogen and oxygen atoms in total. The predicted octanol–water partition coefficient (Wildman–Crippen LogP) is 3.63. The molecule has 1 atom stereocenters. The number of anilines is 1. The smallest absolute Gasteiger partial charge is 0.227 e. The van der Waals surface area contributed by atoms with E-state index >= 15 is 0 Å². The monoisotopic (exact) mass is 387 g/mol. The standard InChI is InChI=1S/C23H37N3O2/c1-4-6-20-17-23(27)26(18-20)21-7-9-22(10-8-21)28-16-5-11-24-12-14-25(15-13-24)19(2)3/h7-10,19-20H,4-6,11-18H2,1-3H3. The Labute approximate surface area is 170 Å². The largest absolute Gasteiger partial charge is 0.494 e. The van der Waals surface area contributed by atoms with Gasteiger partial charge in [-0.2, -0.15) is 0 Å². The van der Waals surface area contributed by atoms with E-state index in [9.17, 15) is 4.79 Å². The zero-order valence-corrected chi connectivity index (χ0v) is 17.9. The molecule has 1 aromatic carbocycles. The molecule has 2 fully saturated rings. The van der Waals surface area contributed by atoms with E-state index in [0.29, 0.717) is 18.4 Å². The number of piperazine rings is 1. The van der Waals surface area contributed by atoms with Gasteiger partial charge in [-0.05, 0) is 56.9 Å². The highest BCUT2D eigenvalue weighted by atomic mass is 16.5. The predicted molar refractivity (Wildman–Crippen MR) is 115 cm³/mol. The second-order valence-electron chi connectivity index (χ2n) is 8.53. The van der Waals surface area contributed by atoms with Crippen LogP contribution in [0.15, 0.2) is 24.3 Å². The van der Waals surface area contributed by atoms with Crippen molar-refractivity contribution in [2.24, 2.45) is 5.92 Å². The van der Waals surface area contributed by atoms with E-state index in [1.807, 2.05) is 29.2 Å². The number of ether oxygens (including phenoxy) is 1. The van der Waals surface area contributed by atoms with Crippen LogP contribution in [-0.2, 0) is 4.79 Å². The van der Waals surface area contributed by atoms with Gasteiger partial charge in [0.15, 0.2) is 0 Å². The molecule has 0 aliphatic carbocycles. The Morgan fingerprint density at radius 2 is 1.82 bits per heavy atom. The van der Waals surface area contributed by atoms with E-state index in [1.54, 1.807) is 0 Å². The van der Waals surface area contributed by atoms with Crippen molar-refractivity contribution < 1.29 is 9.53 Å². The molecule has 0 bridgehead atoms. The Kier molecular flexibility index (Phi) is 7.74. The number of nitrogens with zero attached hydrogens (tertiary/aromatic N) is 3. The van der Waals surface area contributed by atoms with Gasteiger partial charge in [-0.3, -0.25) is 9.69 Å². The summed E-state index contributed by atoms with van der Waals surface area (Å²) < 4.78 is 5.92. The highest BCUT2D eigenvalue weighted by Gasteiger charge is 2.29. The highest BCUT2D eigenvalue weighted by molar-refractivity contribution is 5.95.